The number of ether oxygens (including phenoxy) is 2. The molecule has 0 aliphatic carbocycles. The van der Waals surface area contributed by atoms with E-state index in [1.807, 2.05) is 0 Å². The maximum atomic E-state index is 14.0. The summed E-state index contributed by atoms with van der Waals surface area (Å²) in [6.45, 7) is 4.44. The summed E-state index contributed by atoms with van der Waals surface area (Å²) in [6.07, 6.45) is 1.57. The van der Waals surface area contributed by atoms with Crippen molar-refractivity contribution in [2.45, 2.75) is 0 Å². The molecule has 1 aliphatic rings. The number of hydrogen-bond acceptors (Lipinski definition) is 7. The second-order valence-corrected chi connectivity index (χ2v) is 6.82. The zero-order valence-electron chi connectivity index (χ0n) is 16.3. The molecule has 2 aromatic carbocycles. The summed E-state index contributed by atoms with van der Waals surface area (Å²) in [5, 5.41) is 11.8. The number of nitriles is 1. The fraction of sp³-hybridized carbons (Fsp3) is 0.273. The lowest BCUT2D eigenvalue weighted by molar-refractivity contribution is 0.0322. The average Bonchev–Trinajstić information content (AvgIpc) is 3.22. The van der Waals surface area contributed by atoms with Crippen molar-refractivity contribution in [1.29, 1.82) is 5.26 Å². The third-order valence-electron chi connectivity index (χ3n) is 4.71. The summed E-state index contributed by atoms with van der Waals surface area (Å²) in [4.78, 5) is 6.44. The van der Waals surface area contributed by atoms with Crippen LogP contribution in [0.2, 0.25) is 0 Å². The Labute approximate surface area is 173 Å². The summed E-state index contributed by atoms with van der Waals surface area (Å²) in [6, 6.07) is 13.7. The molecule has 0 amide bonds. The van der Waals surface area contributed by atoms with Crippen molar-refractivity contribution in [2.24, 2.45) is 0 Å². The summed E-state index contributed by atoms with van der Waals surface area (Å²) >= 11 is 0. The smallest absolute Gasteiger partial charge is 0.299 e. The van der Waals surface area contributed by atoms with Crippen molar-refractivity contribution in [3.05, 3.63) is 60.0 Å². The lowest BCUT2D eigenvalue weighted by atomic mass is 10.1. The highest BCUT2D eigenvalue weighted by atomic mass is 19.1. The van der Waals surface area contributed by atoms with Gasteiger partial charge in [-0.05, 0) is 30.3 Å². The van der Waals surface area contributed by atoms with Crippen LogP contribution in [-0.4, -0.2) is 49.3 Å². The molecule has 1 fully saturated rings. The minimum absolute atomic E-state index is 0.235. The number of nitrogens with one attached hydrogen (secondary N) is 1. The van der Waals surface area contributed by atoms with E-state index in [0.29, 0.717) is 29.4 Å². The molecule has 0 unspecified atom stereocenters. The van der Waals surface area contributed by atoms with E-state index in [-0.39, 0.29) is 6.01 Å². The van der Waals surface area contributed by atoms with Crippen LogP contribution >= 0.6 is 0 Å². The van der Waals surface area contributed by atoms with Gasteiger partial charge >= 0.3 is 0 Å². The highest BCUT2D eigenvalue weighted by Crippen LogP contribution is 2.27. The first-order valence-electron chi connectivity index (χ1n) is 9.66. The van der Waals surface area contributed by atoms with Crippen LogP contribution in [0.25, 0.3) is 11.3 Å². The Bertz CT molecular complexity index is 1020. The molecule has 1 aliphatic heterocycles. The van der Waals surface area contributed by atoms with Crippen LogP contribution < -0.4 is 10.1 Å². The molecule has 154 valence electrons. The summed E-state index contributed by atoms with van der Waals surface area (Å²) < 4.78 is 30.8. The standard InChI is InChI=1S/C22H21FN4O3/c23-18-11-19(13-20(12-18)29-10-7-27-5-8-28-9-6-27)26-22-25-15-21(30-22)17-3-1-16(14-24)2-4-17/h1-4,11-13,15H,5-10H2,(H,25,26). The zero-order chi connectivity index (χ0) is 20.8. The molecule has 1 aromatic heterocycles. The number of morpholine rings is 1. The largest absolute Gasteiger partial charge is 0.492 e. The van der Waals surface area contributed by atoms with Crippen molar-refractivity contribution in [3.63, 3.8) is 0 Å². The van der Waals surface area contributed by atoms with E-state index < -0.39 is 5.82 Å². The molecule has 8 heteroatoms. The molecule has 0 atom stereocenters. The predicted molar refractivity (Wildman–Crippen MR) is 109 cm³/mol. The van der Waals surface area contributed by atoms with E-state index in [9.17, 15) is 4.39 Å². The number of rotatable bonds is 7. The van der Waals surface area contributed by atoms with Crippen LogP contribution in [0.15, 0.2) is 53.1 Å². The highest BCUT2D eigenvalue weighted by Gasteiger charge is 2.11. The summed E-state index contributed by atoms with van der Waals surface area (Å²) in [7, 11) is 0. The third kappa shape index (κ3) is 5.14. The van der Waals surface area contributed by atoms with Crippen molar-refractivity contribution in [1.82, 2.24) is 9.88 Å². The number of benzene rings is 2. The van der Waals surface area contributed by atoms with E-state index in [0.717, 1.165) is 38.4 Å². The van der Waals surface area contributed by atoms with Gasteiger partial charge in [-0.2, -0.15) is 5.26 Å². The number of oxazole rings is 1. The molecule has 0 radical (unpaired) electrons. The molecule has 3 aromatic rings. The number of hydrogen-bond donors (Lipinski definition) is 1. The quantitative estimate of drug-likeness (QED) is 0.636. The Morgan fingerprint density at radius 1 is 1.17 bits per heavy atom. The number of aromatic nitrogens is 1. The fourth-order valence-corrected chi connectivity index (χ4v) is 3.13. The number of halogens is 1. The van der Waals surface area contributed by atoms with Crippen LogP contribution in [0, 0.1) is 17.1 Å². The molecule has 1 N–H and O–H groups in total. The van der Waals surface area contributed by atoms with Gasteiger partial charge in [0.25, 0.3) is 6.01 Å². The van der Waals surface area contributed by atoms with Crippen LogP contribution in [0.1, 0.15) is 5.56 Å². The monoisotopic (exact) mass is 408 g/mol. The molecule has 0 spiro atoms. The Kier molecular flexibility index (Phi) is 6.23. The minimum Gasteiger partial charge on any atom is -0.492 e. The van der Waals surface area contributed by atoms with E-state index in [2.05, 4.69) is 21.3 Å². The normalized spacial score (nSPS) is 14.3. The highest BCUT2D eigenvalue weighted by molar-refractivity contribution is 5.61. The maximum absolute atomic E-state index is 14.0. The Morgan fingerprint density at radius 3 is 2.73 bits per heavy atom. The fourth-order valence-electron chi connectivity index (χ4n) is 3.13. The van der Waals surface area contributed by atoms with Gasteiger partial charge in [-0.15, -0.1) is 0 Å². The second kappa shape index (κ2) is 9.39. The van der Waals surface area contributed by atoms with Gasteiger partial charge in [0.2, 0.25) is 0 Å². The van der Waals surface area contributed by atoms with E-state index >= 15 is 0 Å². The van der Waals surface area contributed by atoms with Crippen molar-refractivity contribution in [2.75, 3.05) is 44.8 Å². The van der Waals surface area contributed by atoms with Gasteiger partial charge in [-0.3, -0.25) is 4.90 Å². The molecule has 4 rings (SSSR count). The van der Waals surface area contributed by atoms with Gasteiger partial charge in [0, 0.05) is 43.0 Å². The van der Waals surface area contributed by atoms with Crippen LogP contribution in [0.3, 0.4) is 0 Å². The van der Waals surface area contributed by atoms with Gasteiger partial charge in [-0.1, -0.05) is 0 Å². The van der Waals surface area contributed by atoms with E-state index in [4.69, 9.17) is 19.2 Å². The molecule has 0 bridgehead atoms. The van der Waals surface area contributed by atoms with Crippen LogP contribution in [-0.2, 0) is 4.74 Å². The van der Waals surface area contributed by atoms with E-state index in [1.165, 1.54) is 12.1 Å². The Hall–Kier alpha value is -3.41. The molecule has 0 saturated carbocycles. The molecule has 2 heterocycles. The van der Waals surface area contributed by atoms with Gasteiger partial charge in [0.15, 0.2) is 5.76 Å². The third-order valence-corrected chi connectivity index (χ3v) is 4.71. The van der Waals surface area contributed by atoms with Gasteiger partial charge < -0.3 is 19.2 Å². The topological polar surface area (TPSA) is 83.5 Å². The minimum atomic E-state index is -0.416. The van der Waals surface area contributed by atoms with Crippen molar-refractivity contribution in [3.8, 4) is 23.1 Å². The van der Waals surface area contributed by atoms with Gasteiger partial charge in [0.1, 0.15) is 18.2 Å². The first-order chi connectivity index (χ1) is 14.7. The molecule has 30 heavy (non-hydrogen) atoms. The van der Waals surface area contributed by atoms with Gasteiger partial charge in [-0.25, -0.2) is 9.37 Å². The second-order valence-electron chi connectivity index (χ2n) is 6.82. The lowest BCUT2D eigenvalue weighted by Gasteiger charge is -2.26. The number of anilines is 2. The molecule has 1 saturated heterocycles. The molecular weight excluding hydrogens is 387 g/mol. The molecule has 7 nitrogen and oxygen atoms in total. The van der Waals surface area contributed by atoms with E-state index in [1.54, 1.807) is 36.5 Å². The Balaban J connectivity index is 1.38. The number of nitrogens with zero attached hydrogens (tertiary/aromatic N) is 3. The average molecular weight is 408 g/mol. The van der Waals surface area contributed by atoms with Crippen LogP contribution in [0.5, 0.6) is 5.75 Å². The van der Waals surface area contributed by atoms with Crippen LogP contribution in [0.4, 0.5) is 16.1 Å². The SMILES string of the molecule is N#Cc1ccc(-c2cnc(Nc3cc(F)cc(OCCN4CCOCC4)c3)o2)cc1. The molecular formula is C22H21FN4O3. The summed E-state index contributed by atoms with van der Waals surface area (Å²) in [5.41, 5.74) is 1.84. The predicted octanol–water partition coefficient (Wildman–Crippen LogP) is 3.81. The zero-order valence-corrected chi connectivity index (χ0v) is 16.3. The van der Waals surface area contributed by atoms with Gasteiger partial charge in [0.05, 0.1) is 31.0 Å². The first kappa shape index (κ1) is 19.9. The Morgan fingerprint density at radius 2 is 1.97 bits per heavy atom. The first-order valence-corrected chi connectivity index (χ1v) is 9.66. The maximum Gasteiger partial charge on any atom is 0.299 e. The summed E-state index contributed by atoms with van der Waals surface area (Å²) in [5.74, 6) is 0.560. The van der Waals surface area contributed by atoms with Crippen molar-refractivity contribution >= 4 is 11.7 Å². The van der Waals surface area contributed by atoms with Crippen molar-refractivity contribution < 1.29 is 18.3 Å². The lowest BCUT2D eigenvalue weighted by Crippen LogP contribution is -2.38.